The smallest absolute Gasteiger partial charge is 0.240 e. The van der Waals surface area contributed by atoms with E-state index in [0.717, 1.165) is 3.57 Å². The molecule has 0 amide bonds. The number of sulfonamides is 1. The van der Waals surface area contributed by atoms with Gasteiger partial charge in [0.1, 0.15) is 5.75 Å². The van der Waals surface area contributed by atoms with Crippen molar-refractivity contribution in [3.05, 3.63) is 21.8 Å². The number of hydrogen-bond acceptors (Lipinski definition) is 3. The van der Waals surface area contributed by atoms with Crippen molar-refractivity contribution in [3.63, 3.8) is 0 Å². The fourth-order valence-corrected chi connectivity index (χ4v) is 3.01. The lowest BCUT2D eigenvalue weighted by Gasteiger charge is -2.11. The molecule has 0 aliphatic rings. The molecule has 1 rings (SSSR count). The van der Waals surface area contributed by atoms with Crippen molar-refractivity contribution in [2.45, 2.75) is 24.8 Å². The summed E-state index contributed by atoms with van der Waals surface area (Å²) in [6.45, 7) is 3.56. The lowest BCUT2D eigenvalue weighted by molar-refractivity contribution is 0.410. The molecule has 0 atom stereocenters. The number of rotatable bonds is 4. The molecule has 90 valence electrons. The molecule has 0 heterocycles. The maximum Gasteiger partial charge on any atom is 0.240 e. The van der Waals surface area contributed by atoms with E-state index in [4.69, 9.17) is 4.74 Å². The van der Waals surface area contributed by atoms with Crippen LogP contribution in [0.25, 0.3) is 0 Å². The molecule has 0 saturated heterocycles. The Balaban J connectivity index is 3.14. The highest BCUT2D eigenvalue weighted by Gasteiger charge is 2.16. The molecule has 0 spiro atoms. The van der Waals surface area contributed by atoms with Crippen molar-refractivity contribution in [1.82, 2.24) is 4.72 Å². The van der Waals surface area contributed by atoms with Gasteiger partial charge in [-0.1, -0.05) is 0 Å². The minimum absolute atomic E-state index is 0.129. The summed E-state index contributed by atoms with van der Waals surface area (Å²) in [6.07, 6.45) is 0. The molecule has 0 saturated carbocycles. The lowest BCUT2D eigenvalue weighted by Crippen LogP contribution is -2.30. The van der Waals surface area contributed by atoms with Gasteiger partial charge in [-0.3, -0.25) is 0 Å². The van der Waals surface area contributed by atoms with Crippen LogP contribution < -0.4 is 9.46 Å². The van der Waals surface area contributed by atoms with Crippen LogP contribution in [0.15, 0.2) is 23.1 Å². The minimum atomic E-state index is -3.44. The SMILES string of the molecule is COc1cc(S(=O)(=O)NC(C)C)ccc1I. The summed E-state index contributed by atoms with van der Waals surface area (Å²) in [5, 5.41) is 0. The Morgan fingerprint density at radius 1 is 1.38 bits per heavy atom. The van der Waals surface area contributed by atoms with E-state index in [9.17, 15) is 8.42 Å². The predicted octanol–water partition coefficient (Wildman–Crippen LogP) is 1.99. The highest BCUT2D eigenvalue weighted by Crippen LogP contribution is 2.24. The van der Waals surface area contributed by atoms with Crippen molar-refractivity contribution >= 4 is 32.6 Å². The Morgan fingerprint density at radius 3 is 2.50 bits per heavy atom. The van der Waals surface area contributed by atoms with Crippen LogP contribution in [0, 0.1) is 3.57 Å². The standard InChI is InChI=1S/C10H14INO3S/c1-7(2)12-16(13,14)8-4-5-9(11)10(6-8)15-3/h4-7,12H,1-3H3. The van der Waals surface area contributed by atoms with Gasteiger partial charge in [-0.2, -0.15) is 0 Å². The Kier molecular flexibility index (Phi) is 4.57. The summed E-state index contributed by atoms with van der Waals surface area (Å²) in [5.74, 6) is 0.562. The molecule has 1 N–H and O–H groups in total. The Bertz CT molecular complexity index is 471. The largest absolute Gasteiger partial charge is 0.496 e. The van der Waals surface area contributed by atoms with Crippen molar-refractivity contribution in [2.75, 3.05) is 7.11 Å². The second kappa shape index (κ2) is 5.33. The zero-order valence-corrected chi connectivity index (χ0v) is 12.3. The Hall–Kier alpha value is -0.340. The normalized spacial score (nSPS) is 11.8. The molecule has 0 aliphatic heterocycles. The van der Waals surface area contributed by atoms with E-state index in [2.05, 4.69) is 27.3 Å². The Morgan fingerprint density at radius 2 is 2.00 bits per heavy atom. The quantitative estimate of drug-likeness (QED) is 0.841. The van der Waals surface area contributed by atoms with Gasteiger partial charge in [-0.15, -0.1) is 0 Å². The van der Waals surface area contributed by atoms with Crippen LogP contribution in [-0.2, 0) is 10.0 Å². The Labute approximate surface area is 110 Å². The van der Waals surface area contributed by atoms with Crippen LogP contribution in [0.5, 0.6) is 5.75 Å². The fourth-order valence-electron chi connectivity index (χ4n) is 1.19. The first-order valence-electron chi connectivity index (χ1n) is 4.72. The number of benzene rings is 1. The van der Waals surface area contributed by atoms with Gasteiger partial charge in [-0.05, 0) is 48.6 Å². The summed E-state index contributed by atoms with van der Waals surface area (Å²) < 4.78 is 32.2. The van der Waals surface area contributed by atoms with E-state index in [-0.39, 0.29) is 10.9 Å². The molecule has 0 bridgehead atoms. The van der Waals surface area contributed by atoms with Gasteiger partial charge in [0.15, 0.2) is 0 Å². The van der Waals surface area contributed by atoms with Crippen LogP contribution in [0.1, 0.15) is 13.8 Å². The summed E-state index contributed by atoms with van der Waals surface area (Å²) in [5.41, 5.74) is 0. The van der Waals surface area contributed by atoms with E-state index >= 15 is 0 Å². The van der Waals surface area contributed by atoms with Gasteiger partial charge >= 0.3 is 0 Å². The molecule has 1 aromatic carbocycles. The van der Waals surface area contributed by atoms with Crippen LogP contribution in [-0.4, -0.2) is 21.6 Å². The minimum Gasteiger partial charge on any atom is -0.496 e. The molecule has 0 unspecified atom stereocenters. The summed E-state index contributed by atoms with van der Waals surface area (Å²) in [7, 11) is -1.92. The van der Waals surface area contributed by atoms with Crippen molar-refractivity contribution in [3.8, 4) is 5.75 Å². The van der Waals surface area contributed by atoms with E-state index in [1.165, 1.54) is 13.2 Å². The lowest BCUT2D eigenvalue weighted by atomic mass is 10.3. The maximum absolute atomic E-state index is 11.9. The van der Waals surface area contributed by atoms with Gasteiger partial charge in [0, 0.05) is 12.1 Å². The van der Waals surface area contributed by atoms with E-state index in [0.29, 0.717) is 5.75 Å². The highest BCUT2D eigenvalue weighted by atomic mass is 127. The van der Waals surface area contributed by atoms with Crippen LogP contribution in [0.2, 0.25) is 0 Å². The number of methoxy groups -OCH3 is 1. The summed E-state index contributed by atoms with van der Waals surface area (Å²) >= 11 is 2.09. The van der Waals surface area contributed by atoms with Gasteiger partial charge < -0.3 is 4.74 Å². The highest BCUT2D eigenvalue weighted by molar-refractivity contribution is 14.1. The predicted molar refractivity (Wildman–Crippen MR) is 71.2 cm³/mol. The molecular formula is C10H14INO3S. The average Bonchev–Trinajstić information content (AvgIpc) is 2.16. The van der Waals surface area contributed by atoms with Gasteiger partial charge in [0.25, 0.3) is 0 Å². The van der Waals surface area contributed by atoms with E-state index in [1.54, 1.807) is 26.0 Å². The van der Waals surface area contributed by atoms with Gasteiger partial charge in [0.05, 0.1) is 15.6 Å². The third-order valence-electron chi connectivity index (χ3n) is 1.82. The molecule has 1 aromatic rings. The first-order chi connectivity index (χ1) is 7.36. The zero-order chi connectivity index (χ0) is 12.3. The molecule has 4 nitrogen and oxygen atoms in total. The topological polar surface area (TPSA) is 55.4 Å². The molecule has 0 radical (unpaired) electrons. The van der Waals surface area contributed by atoms with Crippen molar-refractivity contribution < 1.29 is 13.2 Å². The van der Waals surface area contributed by atoms with E-state index in [1.807, 2.05) is 0 Å². The van der Waals surface area contributed by atoms with Crippen LogP contribution >= 0.6 is 22.6 Å². The molecular weight excluding hydrogens is 341 g/mol. The second-order valence-electron chi connectivity index (χ2n) is 3.57. The first kappa shape index (κ1) is 13.7. The molecule has 0 aromatic heterocycles. The second-order valence-corrected chi connectivity index (χ2v) is 6.45. The molecule has 6 heteroatoms. The first-order valence-corrected chi connectivity index (χ1v) is 7.29. The van der Waals surface area contributed by atoms with Gasteiger partial charge in [0.2, 0.25) is 10.0 Å². The van der Waals surface area contributed by atoms with Crippen molar-refractivity contribution in [2.24, 2.45) is 0 Å². The average molecular weight is 355 g/mol. The fraction of sp³-hybridized carbons (Fsp3) is 0.400. The maximum atomic E-state index is 11.9. The third-order valence-corrected chi connectivity index (χ3v) is 4.37. The molecule has 0 fully saturated rings. The van der Waals surface area contributed by atoms with Gasteiger partial charge in [-0.25, -0.2) is 13.1 Å². The summed E-state index contributed by atoms with van der Waals surface area (Å²) in [4.78, 5) is 0.221. The number of nitrogens with one attached hydrogen (secondary N) is 1. The molecule has 0 aliphatic carbocycles. The van der Waals surface area contributed by atoms with Crippen LogP contribution in [0.4, 0.5) is 0 Å². The number of hydrogen-bond donors (Lipinski definition) is 1. The number of ether oxygens (including phenoxy) is 1. The van der Waals surface area contributed by atoms with Crippen LogP contribution in [0.3, 0.4) is 0 Å². The zero-order valence-electron chi connectivity index (χ0n) is 9.32. The van der Waals surface area contributed by atoms with E-state index < -0.39 is 10.0 Å². The molecule has 16 heavy (non-hydrogen) atoms. The monoisotopic (exact) mass is 355 g/mol. The third kappa shape index (κ3) is 3.33. The number of halogens is 1. The summed E-state index contributed by atoms with van der Waals surface area (Å²) in [6, 6.07) is 4.67. The van der Waals surface area contributed by atoms with Crippen molar-refractivity contribution in [1.29, 1.82) is 0 Å².